The van der Waals surface area contributed by atoms with Gasteiger partial charge >= 0.3 is 0 Å². The van der Waals surface area contributed by atoms with Gasteiger partial charge in [0.05, 0.1) is 39.6 Å². The van der Waals surface area contributed by atoms with Gasteiger partial charge in [0.15, 0.2) is 37.7 Å². The Morgan fingerprint density at radius 2 is 0.303 bits per heavy atom. The number of hydrogen-bond donors (Lipinski definition) is 18. The lowest BCUT2D eigenvalue weighted by molar-refractivity contribution is -0.404. The van der Waals surface area contributed by atoms with E-state index in [2.05, 4.69) is 0 Å². The fourth-order valence-corrected chi connectivity index (χ4v) is 8.93. The normalized spacial score (nSPS) is 55.4. The average Bonchev–Trinajstić information content (AvgIpc) is 3.31. The molecule has 22 saturated heterocycles. The molecule has 22 rings (SSSR count). The molecule has 0 spiro atoms. The third-order valence-electron chi connectivity index (χ3n) is 12.7. The maximum absolute atomic E-state index is 11.2. The van der Waals surface area contributed by atoms with E-state index in [4.69, 9.17) is 56.8 Å². The highest BCUT2D eigenvalue weighted by molar-refractivity contribution is 5.01. The first-order valence-corrected chi connectivity index (χ1v) is 21.1. The second kappa shape index (κ2) is 22.1. The van der Waals surface area contributed by atoms with E-state index in [1.165, 1.54) is 0 Å². The average molecular weight is 973 g/mol. The van der Waals surface area contributed by atoms with Crippen molar-refractivity contribution in [1.82, 2.24) is 0 Å². The van der Waals surface area contributed by atoms with Crippen molar-refractivity contribution in [3.63, 3.8) is 0 Å². The van der Waals surface area contributed by atoms with E-state index >= 15 is 0 Å². The van der Waals surface area contributed by atoms with Crippen LogP contribution in [0.3, 0.4) is 0 Å². The van der Waals surface area contributed by atoms with Crippen LogP contribution in [0.15, 0.2) is 0 Å². The highest BCUT2D eigenvalue weighted by Gasteiger charge is 2.58. The first-order chi connectivity index (χ1) is 31.4. The van der Waals surface area contributed by atoms with Gasteiger partial charge in [0.1, 0.15) is 146 Å². The van der Waals surface area contributed by atoms with Crippen molar-refractivity contribution in [2.24, 2.45) is 0 Å². The van der Waals surface area contributed by atoms with Crippen molar-refractivity contribution in [1.29, 1.82) is 0 Å². The Morgan fingerprint density at radius 1 is 0.182 bits per heavy atom. The third kappa shape index (κ3) is 10.0. The second-order valence-electron chi connectivity index (χ2n) is 16.8. The van der Waals surface area contributed by atoms with Crippen LogP contribution in [0.4, 0.5) is 0 Å². The summed E-state index contributed by atoms with van der Waals surface area (Å²) in [5.41, 5.74) is 0. The van der Waals surface area contributed by atoms with E-state index in [1.807, 2.05) is 0 Å². The predicted molar refractivity (Wildman–Crippen MR) is 196 cm³/mol. The first-order valence-electron chi connectivity index (χ1n) is 21.1. The van der Waals surface area contributed by atoms with Gasteiger partial charge < -0.3 is 149 Å². The van der Waals surface area contributed by atoms with Crippen molar-refractivity contribution in [2.45, 2.75) is 184 Å². The largest absolute Gasteiger partial charge is 0.394 e. The Morgan fingerprint density at radius 3 is 0.409 bits per heavy atom. The number of aliphatic hydroxyl groups is 18. The molecule has 0 amide bonds. The third-order valence-corrected chi connectivity index (χ3v) is 12.7. The summed E-state index contributed by atoms with van der Waals surface area (Å²) >= 11 is 0. The summed E-state index contributed by atoms with van der Waals surface area (Å²) in [5.74, 6) is 0. The molecule has 30 nitrogen and oxygen atoms in total. The van der Waals surface area contributed by atoms with Gasteiger partial charge in [-0.15, -0.1) is 0 Å². The Hall–Kier alpha value is -1.20. The summed E-state index contributed by atoms with van der Waals surface area (Å²) in [6.07, 6.45) is -58.5. The van der Waals surface area contributed by atoms with Crippen molar-refractivity contribution < 1.29 is 149 Å². The molecule has 22 aliphatic heterocycles. The molecule has 0 aliphatic carbocycles. The zero-order valence-electron chi connectivity index (χ0n) is 34.5. The fraction of sp³-hybridized carbons (Fsp3) is 1.00. The molecule has 18 N–H and O–H groups in total. The van der Waals surface area contributed by atoms with Gasteiger partial charge in [0.2, 0.25) is 0 Å². The predicted octanol–water partition coefficient (Wildman–Crippen LogP) is -13.1. The quantitative estimate of drug-likeness (QED) is 0.117. The summed E-state index contributed by atoms with van der Waals surface area (Å²) in [5, 5.41) is 196. The van der Waals surface area contributed by atoms with E-state index < -0.39 is 224 Å². The van der Waals surface area contributed by atoms with Crippen LogP contribution in [-0.4, -0.2) is 316 Å². The molecule has 66 heavy (non-hydrogen) atoms. The molecule has 30 atom stereocenters. The molecular weight excluding hydrogens is 912 g/mol. The van der Waals surface area contributed by atoms with Crippen LogP contribution in [0.25, 0.3) is 0 Å². The molecule has 0 aromatic carbocycles. The molecular formula is C36H60O30. The van der Waals surface area contributed by atoms with E-state index in [0.717, 1.165) is 0 Å². The van der Waals surface area contributed by atoms with E-state index in [1.54, 1.807) is 0 Å². The van der Waals surface area contributed by atoms with Gasteiger partial charge in [-0.25, -0.2) is 0 Å². The summed E-state index contributed by atoms with van der Waals surface area (Å²) in [4.78, 5) is 0. The minimum Gasteiger partial charge on any atom is -0.394 e. The topological polar surface area (TPSA) is 475 Å². The van der Waals surface area contributed by atoms with E-state index in [0.29, 0.717) is 0 Å². The Kier molecular flexibility index (Phi) is 17.6. The van der Waals surface area contributed by atoms with Crippen LogP contribution < -0.4 is 0 Å². The Balaban J connectivity index is 1.19. The van der Waals surface area contributed by atoms with Gasteiger partial charge in [-0.3, -0.25) is 0 Å². The molecule has 0 aromatic heterocycles. The van der Waals surface area contributed by atoms with Crippen LogP contribution in [-0.2, 0) is 56.8 Å². The van der Waals surface area contributed by atoms with Crippen LogP contribution >= 0.6 is 0 Å². The minimum absolute atomic E-state index is 0.999. The molecule has 0 unspecified atom stereocenters. The fourth-order valence-electron chi connectivity index (χ4n) is 8.93. The van der Waals surface area contributed by atoms with Crippen molar-refractivity contribution in [3.05, 3.63) is 0 Å². The maximum Gasteiger partial charge on any atom is 0.187 e. The number of rotatable bonds is 6. The molecule has 30 heteroatoms. The van der Waals surface area contributed by atoms with Crippen LogP contribution in [0, 0.1) is 0 Å². The van der Waals surface area contributed by atoms with Gasteiger partial charge in [-0.1, -0.05) is 0 Å². The van der Waals surface area contributed by atoms with Crippen molar-refractivity contribution in [2.75, 3.05) is 39.6 Å². The zero-order valence-corrected chi connectivity index (χ0v) is 34.5. The number of ether oxygens (including phenoxy) is 12. The minimum atomic E-state index is -2.15. The lowest BCUT2D eigenvalue weighted by atomic mass is 9.94. The number of aliphatic hydroxyl groups excluding tert-OH is 18. The lowest BCUT2D eigenvalue weighted by Crippen LogP contribution is -2.69. The summed E-state index contributed by atoms with van der Waals surface area (Å²) < 4.78 is 67.9. The molecule has 22 heterocycles. The SMILES string of the molecule is OC[C@@H]1O[C@@H]2O[C@H]3[C@@H](O)[C@@H](O)[C@@H](O[C@H]4[C@@H](O)[C@@H](O)[C@@H](O[C@H]5[C@H](O)[C@H](O)[C@@H](O[C@H]6[C@H](O)[C@@H](O)[C@@H](O[C@H]7[C@@H](O)[C@@H](O)[C@@H](O[C@@H]1[C@@H](O)[C@H]2O)O[C@H]7CO)O[C@H]6CO)O[C@H]5CO)O[C@H]4CO)O[C@H]3CO. The highest BCUT2D eigenvalue weighted by Crippen LogP contribution is 2.38. The maximum atomic E-state index is 11.2. The first kappa shape index (κ1) is 52.6. The van der Waals surface area contributed by atoms with Gasteiger partial charge in [-0.05, 0) is 0 Å². The van der Waals surface area contributed by atoms with Crippen LogP contribution in [0.5, 0.6) is 0 Å². The smallest absolute Gasteiger partial charge is 0.187 e. The van der Waals surface area contributed by atoms with Gasteiger partial charge in [-0.2, -0.15) is 0 Å². The van der Waals surface area contributed by atoms with Crippen LogP contribution in [0.2, 0.25) is 0 Å². The molecule has 12 bridgehead atoms. The highest BCUT2D eigenvalue weighted by atomic mass is 16.8. The summed E-state index contributed by atoms with van der Waals surface area (Å²) in [6.45, 7) is -5.99. The van der Waals surface area contributed by atoms with Gasteiger partial charge in [0.25, 0.3) is 0 Å². The molecule has 384 valence electrons. The molecule has 0 saturated carbocycles. The van der Waals surface area contributed by atoms with Crippen molar-refractivity contribution >= 4 is 0 Å². The van der Waals surface area contributed by atoms with Crippen LogP contribution in [0.1, 0.15) is 0 Å². The Bertz CT molecular complexity index is 1230. The molecule has 0 radical (unpaired) electrons. The van der Waals surface area contributed by atoms with E-state index in [-0.39, 0.29) is 0 Å². The second-order valence-corrected chi connectivity index (χ2v) is 16.8. The molecule has 0 aromatic rings. The van der Waals surface area contributed by atoms with Crippen molar-refractivity contribution in [3.8, 4) is 0 Å². The Labute approximate surface area is 372 Å². The summed E-state index contributed by atoms with van der Waals surface area (Å²) in [7, 11) is 0. The van der Waals surface area contributed by atoms with E-state index in [9.17, 15) is 91.9 Å². The van der Waals surface area contributed by atoms with Gasteiger partial charge in [0, 0.05) is 0 Å². The molecule has 22 fully saturated rings. The molecule has 22 aliphatic rings. The summed E-state index contributed by atoms with van der Waals surface area (Å²) in [6, 6.07) is 0. The standard InChI is InChI=1S/C36H60O30/c37-1-7-25-13(43)19(49)31(55-7)62-26-8(2-38)57-33(21(51)15(26)45)64-28-10(4-40)59-35(23(53)17(28)47)66-30-12(6-42)60-36(24(54)18(30)48)65-29-11(5-41)58-34(22(52)16(29)46)63-27-9(3-39)56-32(61-25)20(50)14(27)44/h7-54H,1-6H2/t7-,8-,9-,10-,11-,12-,13-,14-,15-,16-,17+,18+,19+,20+,21+,22+,23-,24+,25+,26+,27-,28+,29+,30+,31+,32+,33+,34+,35+,36+/m0/s1. The number of hydrogen-bond acceptors (Lipinski definition) is 30. The lowest BCUT2D eigenvalue weighted by Gasteiger charge is -2.50. The monoisotopic (exact) mass is 972 g/mol. The zero-order chi connectivity index (χ0) is 48.0.